The summed E-state index contributed by atoms with van der Waals surface area (Å²) in [5, 5.41) is 5.97. The van der Waals surface area contributed by atoms with Crippen LogP contribution in [-0.4, -0.2) is 17.4 Å². The second-order valence-electron chi connectivity index (χ2n) is 5.34. The summed E-state index contributed by atoms with van der Waals surface area (Å²) in [6, 6.07) is 10.0. The van der Waals surface area contributed by atoms with Gasteiger partial charge in [-0.15, -0.1) is 0 Å². The number of carbonyl (C=O) groups is 1. The van der Waals surface area contributed by atoms with Crippen molar-refractivity contribution in [3.05, 3.63) is 59.7 Å². The highest BCUT2D eigenvalue weighted by molar-refractivity contribution is 5.93. The Morgan fingerprint density at radius 2 is 2.04 bits per heavy atom. The van der Waals surface area contributed by atoms with Crippen molar-refractivity contribution in [2.45, 2.75) is 32.7 Å². The lowest BCUT2D eigenvalue weighted by atomic mass is 10.2. The Bertz CT molecular complexity index is 646. The van der Waals surface area contributed by atoms with E-state index in [1.54, 1.807) is 36.5 Å². The van der Waals surface area contributed by atoms with Crippen LogP contribution >= 0.6 is 0 Å². The fraction of sp³-hybridized carbons (Fsp3) is 0.333. The predicted molar refractivity (Wildman–Crippen MR) is 89.8 cm³/mol. The highest BCUT2D eigenvalue weighted by atomic mass is 19.1. The second-order valence-corrected chi connectivity index (χ2v) is 5.34. The average molecular weight is 315 g/mol. The van der Waals surface area contributed by atoms with Gasteiger partial charge in [0.1, 0.15) is 11.5 Å². The Kier molecular flexibility index (Phi) is 6.54. The van der Waals surface area contributed by atoms with Gasteiger partial charge in [-0.2, -0.15) is 0 Å². The molecule has 1 amide bonds. The molecule has 0 aliphatic carbocycles. The molecule has 0 radical (unpaired) electrons. The second kappa shape index (κ2) is 8.88. The lowest BCUT2D eigenvalue weighted by Gasteiger charge is -2.09. The molecule has 0 saturated carbocycles. The van der Waals surface area contributed by atoms with Crippen LogP contribution in [0.15, 0.2) is 42.6 Å². The van der Waals surface area contributed by atoms with Crippen molar-refractivity contribution in [3.8, 4) is 0 Å². The smallest absolute Gasteiger partial charge is 0.269 e. The van der Waals surface area contributed by atoms with Gasteiger partial charge < -0.3 is 10.6 Å². The first-order valence-electron chi connectivity index (χ1n) is 7.92. The van der Waals surface area contributed by atoms with Crippen molar-refractivity contribution in [1.82, 2.24) is 10.3 Å². The Morgan fingerprint density at radius 3 is 2.83 bits per heavy atom. The molecule has 0 spiro atoms. The van der Waals surface area contributed by atoms with Crippen LogP contribution in [0.2, 0.25) is 0 Å². The lowest BCUT2D eigenvalue weighted by molar-refractivity contribution is 0.0948. The largest absolute Gasteiger partial charge is 0.381 e. The minimum Gasteiger partial charge on any atom is -0.381 e. The highest BCUT2D eigenvalue weighted by Crippen LogP contribution is 2.12. The van der Waals surface area contributed by atoms with Crippen molar-refractivity contribution in [2.75, 3.05) is 11.9 Å². The fourth-order valence-corrected chi connectivity index (χ4v) is 2.17. The van der Waals surface area contributed by atoms with Gasteiger partial charge in [0, 0.05) is 30.5 Å². The minimum atomic E-state index is -0.247. The van der Waals surface area contributed by atoms with E-state index in [0.717, 1.165) is 24.9 Å². The van der Waals surface area contributed by atoms with E-state index >= 15 is 0 Å². The number of nitrogens with zero attached hydrogens (tertiary/aromatic N) is 1. The van der Waals surface area contributed by atoms with E-state index in [1.807, 2.05) is 0 Å². The molecule has 1 aromatic heterocycles. The fourth-order valence-electron chi connectivity index (χ4n) is 2.17. The molecule has 122 valence electrons. The first kappa shape index (κ1) is 16.9. The molecule has 5 heteroatoms. The first-order chi connectivity index (χ1) is 11.2. The number of amides is 1. The number of unbranched alkanes of at least 4 members (excludes halogenated alkanes) is 2. The molecule has 2 aromatic rings. The third kappa shape index (κ3) is 5.36. The summed E-state index contributed by atoms with van der Waals surface area (Å²) in [5.74, 6) is -0.432. The van der Waals surface area contributed by atoms with E-state index in [0.29, 0.717) is 24.3 Å². The van der Waals surface area contributed by atoms with Gasteiger partial charge in [-0.25, -0.2) is 4.39 Å². The van der Waals surface area contributed by atoms with Crippen molar-refractivity contribution in [1.29, 1.82) is 0 Å². The Hall–Kier alpha value is -2.43. The maximum absolute atomic E-state index is 13.6. The maximum Gasteiger partial charge on any atom is 0.269 e. The van der Waals surface area contributed by atoms with Crippen LogP contribution in [0.5, 0.6) is 0 Å². The van der Waals surface area contributed by atoms with E-state index in [9.17, 15) is 9.18 Å². The molecule has 1 aromatic carbocycles. The third-order valence-electron chi connectivity index (χ3n) is 3.50. The molecule has 0 atom stereocenters. The summed E-state index contributed by atoms with van der Waals surface area (Å²) in [6.07, 6.45) is 4.75. The van der Waals surface area contributed by atoms with Crippen molar-refractivity contribution in [2.24, 2.45) is 0 Å². The number of carbonyl (C=O) groups excluding carboxylic acids is 1. The van der Waals surface area contributed by atoms with E-state index in [2.05, 4.69) is 22.5 Å². The predicted octanol–water partition coefficient (Wildman–Crippen LogP) is 3.75. The molecule has 0 unspecified atom stereocenters. The SMILES string of the molecule is CCCCCNC(=O)c1cc(NCc2ccccc2F)ccn1. The molecule has 2 N–H and O–H groups in total. The Balaban J connectivity index is 1.91. The van der Waals surface area contributed by atoms with Crippen LogP contribution in [0, 0.1) is 5.82 Å². The van der Waals surface area contributed by atoms with E-state index in [1.165, 1.54) is 6.07 Å². The summed E-state index contributed by atoms with van der Waals surface area (Å²) in [7, 11) is 0. The molecule has 0 aliphatic heterocycles. The van der Waals surface area contributed by atoms with Crippen LogP contribution in [0.4, 0.5) is 10.1 Å². The summed E-state index contributed by atoms with van der Waals surface area (Å²) in [6.45, 7) is 3.13. The summed E-state index contributed by atoms with van der Waals surface area (Å²) in [4.78, 5) is 16.1. The summed E-state index contributed by atoms with van der Waals surface area (Å²) >= 11 is 0. The Labute approximate surface area is 136 Å². The van der Waals surface area contributed by atoms with Crippen LogP contribution in [0.25, 0.3) is 0 Å². The van der Waals surface area contributed by atoms with Gasteiger partial charge in [0.05, 0.1) is 0 Å². The van der Waals surface area contributed by atoms with E-state index in [-0.39, 0.29) is 11.7 Å². The van der Waals surface area contributed by atoms with Gasteiger partial charge in [0.15, 0.2) is 0 Å². The molecule has 0 aliphatic rings. The highest BCUT2D eigenvalue weighted by Gasteiger charge is 2.07. The summed E-state index contributed by atoms with van der Waals surface area (Å²) < 4.78 is 13.6. The molecule has 4 nitrogen and oxygen atoms in total. The number of halogens is 1. The molecular weight excluding hydrogens is 293 g/mol. The molecular formula is C18H22FN3O. The number of nitrogens with one attached hydrogen (secondary N) is 2. The molecule has 0 saturated heterocycles. The maximum atomic E-state index is 13.6. The number of benzene rings is 1. The van der Waals surface area contributed by atoms with Crippen molar-refractivity contribution >= 4 is 11.6 Å². The van der Waals surface area contributed by atoms with Crippen LogP contribution in [-0.2, 0) is 6.54 Å². The molecule has 0 bridgehead atoms. The van der Waals surface area contributed by atoms with Gasteiger partial charge in [0.2, 0.25) is 0 Å². The van der Waals surface area contributed by atoms with Crippen LogP contribution in [0.1, 0.15) is 42.2 Å². The monoisotopic (exact) mass is 315 g/mol. The van der Waals surface area contributed by atoms with Crippen molar-refractivity contribution in [3.63, 3.8) is 0 Å². The molecule has 2 rings (SSSR count). The lowest BCUT2D eigenvalue weighted by Crippen LogP contribution is -2.25. The van der Waals surface area contributed by atoms with Crippen LogP contribution < -0.4 is 10.6 Å². The van der Waals surface area contributed by atoms with Gasteiger partial charge in [-0.1, -0.05) is 38.0 Å². The molecule has 0 fully saturated rings. The quantitative estimate of drug-likeness (QED) is 0.729. The van der Waals surface area contributed by atoms with Crippen LogP contribution in [0.3, 0.4) is 0 Å². The average Bonchev–Trinajstić information content (AvgIpc) is 2.58. The zero-order valence-electron chi connectivity index (χ0n) is 13.3. The number of anilines is 1. The van der Waals surface area contributed by atoms with Gasteiger partial charge in [-0.05, 0) is 24.6 Å². The zero-order valence-corrected chi connectivity index (χ0v) is 13.3. The van der Waals surface area contributed by atoms with E-state index < -0.39 is 0 Å². The zero-order chi connectivity index (χ0) is 16.5. The number of rotatable bonds is 8. The number of hydrogen-bond acceptors (Lipinski definition) is 3. The number of hydrogen-bond donors (Lipinski definition) is 2. The minimum absolute atomic E-state index is 0.185. The van der Waals surface area contributed by atoms with E-state index in [4.69, 9.17) is 0 Å². The first-order valence-corrected chi connectivity index (χ1v) is 7.92. The summed E-state index contributed by atoms with van der Waals surface area (Å²) in [5.41, 5.74) is 1.68. The van der Waals surface area contributed by atoms with Gasteiger partial charge >= 0.3 is 0 Å². The number of aromatic nitrogens is 1. The normalized spacial score (nSPS) is 10.3. The number of pyridine rings is 1. The Morgan fingerprint density at radius 1 is 1.22 bits per heavy atom. The van der Waals surface area contributed by atoms with Crippen molar-refractivity contribution < 1.29 is 9.18 Å². The molecule has 23 heavy (non-hydrogen) atoms. The third-order valence-corrected chi connectivity index (χ3v) is 3.50. The standard InChI is InChI=1S/C18H22FN3O/c1-2-3-6-10-21-18(23)17-12-15(9-11-20-17)22-13-14-7-4-5-8-16(14)19/h4-5,7-9,11-12H,2-3,6,10,13H2,1H3,(H,20,22)(H,21,23). The molecule has 1 heterocycles. The topological polar surface area (TPSA) is 54.0 Å². The van der Waals surface area contributed by atoms with Gasteiger partial charge in [-0.3, -0.25) is 9.78 Å². The van der Waals surface area contributed by atoms with Gasteiger partial charge in [0.25, 0.3) is 5.91 Å².